The van der Waals surface area contributed by atoms with Gasteiger partial charge in [0.1, 0.15) is 0 Å². The third-order valence-corrected chi connectivity index (χ3v) is 8.86. The van der Waals surface area contributed by atoms with Crippen molar-refractivity contribution in [3.05, 3.63) is 100 Å². The molecule has 0 aliphatic rings. The summed E-state index contributed by atoms with van der Waals surface area (Å²) >= 11 is 0. The topological polar surface area (TPSA) is 598 Å². The van der Waals surface area contributed by atoms with Crippen LogP contribution >= 0.6 is 0 Å². The van der Waals surface area contributed by atoms with Crippen LogP contribution in [0.15, 0.2) is 0 Å². The average molecular weight is 1000 g/mol. The third-order valence-electron chi connectivity index (χ3n) is 8.86. The third kappa shape index (κ3) is 9.20. The maximum Gasteiger partial charge on any atom is 0.347 e. The summed E-state index contributed by atoms with van der Waals surface area (Å²) in [5, 5.41) is 128. The predicted molar refractivity (Wildman–Crippen MR) is 201 cm³/mol. The molecule has 3 aromatic rings. The second-order valence-electron chi connectivity index (χ2n) is 12.6. The zero-order valence-corrected chi connectivity index (χ0v) is 33.4. The minimum atomic E-state index is -3.15. The lowest BCUT2D eigenvalue weighted by atomic mass is 9.85. The van der Waals surface area contributed by atoms with E-state index in [9.17, 15) is 153 Å². The van der Waals surface area contributed by atoms with E-state index >= 15 is 0 Å². The first-order valence-corrected chi connectivity index (χ1v) is 17.0. The standard InChI is InChI=1S/C37H16O34/c1-69-33(64)17-13(31(60)61)8(26(50)51)14(32(62)63)18(36(67)70-34(65)15-9(27(52)53)4(22(42)43)2(20(38)39)5(23(44)45)10(15)28(54)55)19(17)37(68)71-35(66)16-11(29(56)57)6(24(46)47)3(21(40)41)7(25(48)49)12(16)30(58)59/h1H3,(H,38,39)(H,40,41)(H,42,43)(H,44,45)(H,46,47)(H,48,49)(H,50,51)(H,52,53)(H,54,55)(H,56,57)(H,58,59)(H,60,61)(H,62,63). The summed E-state index contributed by atoms with van der Waals surface area (Å²) in [6.45, 7) is 0. The SMILES string of the molecule is COC(=O)c1c(C(=O)O)c(C(=O)O)c(C(=O)O)c(C(=O)OC(=O)c2c(C(=O)O)c(C(=O)O)c(C(=O)O)c(C(=O)O)c2C(=O)O)c1C(=O)OC(=O)c1c(C(=O)O)c(C(=O)O)c(C(=O)O)c(C(=O)O)c1C(=O)O. The summed E-state index contributed by atoms with van der Waals surface area (Å²) in [6.07, 6.45) is 0. The molecular formula is C37H16O34. The Morgan fingerprint density at radius 3 is 0.423 bits per heavy atom. The van der Waals surface area contributed by atoms with Crippen molar-refractivity contribution in [3.63, 3.8) is 0 Å². The molecule has 368 valence electrons. The Labute approximate surface area is 381 Å². The molecule has 0 aromatic heterocycles. The Morgan fingerprint density at radius 2 is 0.296 bits per heavy atom. The van der Waals surface area contributed by atoms with Gasteiger partial charge in [-0.1, -0.05) is 0 Å². The van der Waals surface area contributed by atoms with Gasteiger partial charge in [-0.2, -0.15) is 0 Å². The van der Waals surface area contributed by atoms with Gasteiger partial charge >= 0.3 is 107 Å². The molecule has 34 nitrogen and oxygen atoms in total. The molecule has 71 heavy (non-hydrogen) atoms. The van der Waals surface area contributed by atoms with Crippen LogP contribution in [0.2, 0.25) is 0 Å². The quantitative estimate of drug-likeness (QED) is 0.0436. The van der Waals surface area contributed by atoms with Gasteiger partial charge in [0.2, 0.25) is 0 Å². The number of esters is 5. The molecular weight excluding hydrogens is 988 g/mol. The highest BCUT2D eigenvalue weighted by molar-refractivity contribution is 6.29. The van der Waals surface area contributed by atoms with Crippen LogP contribution < -0.4 is 0 Å². The van der Waals surface area contributed by atoms with Crippen molar-refractivity contribution >= 4 is 107 Å². The average Bonchev–Trinajstić information content (AvgIpc) is 3.24. The smallest absolute Gasteiger partial charge is 0.347 e. The fourth-order valence-electron chi connectivity index (χ4n) is 6.53. The van der Waals surface area contributed by atoms with Crippen LogP contribution in [-0.2, 0) is 14.2 Å². The zero-order valence-electron chi connectivity index (χ0n) is 33.4. The zero-order chi connectivity index (χ0) is 54.9. The monoisotopic (exact) mass is 1000 g/mol. The molecule has 0 saturated carbocycles. The first-order chi connectivity index (χ1) is 32.6. The molecule has 0 atom stereocenters. The lowest BCUT2D eigenvalue weighted by Crippen LogP contribution is -2.33. The summed E-state index contributed by atoms with van der Waals surface area (Å²) < 4.78 is 12.8. The van der Waals surface area contributed by atoms with Crippen LogP contribution in [0, 0.1) is 0 Å². The molecule has 0 amide bonds. The van der Waals surface area contributed by atoms with E-state index < -0.39 is 208 Å². The number of benzene rings is 3. The lowest BCUT2D eigenvalue weighted by molar-refractivity contribution is 0.0344. The number of hydrogen-bond acceptors (Lipinski definition) is 21. The van der Waals surface area contributed by atoms with E-state index in [1.807, 2.05) is 0 Å². The lowest BCUT2D eigenvalue weighted by Gasteiger charge is -2.20. The van der Waals surface area contributed by atoms with Crippen molar-refractivity contribution in [3.8, 4) is 0 Å². The van der Waals surface area contributed by atoms with Crippen LogP contribution in [0.4, 0.5) is 0 Å². The van der Waals surface area contributed by atoms with Crippen LogP contribution in [-0.4, -0.2) is 181 Å². The van der Waals surface area contributed by atoms with E-state index in [0.717, 1.165) is 0 Å². The number of aromatic carboxylic acids is 13. The van der Waals surface area contributed by atoms with Crippen LogP contribution in [0.3, 0.4) is 0 Å². The van der Waals surface area contributed by atoms with Crippen molar-refractivity contribution in [1.82, 2.24) is 0 Å². The summed E-state index contributed by atoms with van der Waals surface area (Å²) in [7, 11) is 0.228. The van der Waals surface area contributed by atoms with Gasteiger partial charge in [0.25, 0.3) is 0 Å². The molecule has 0 spiro atoms. The van der Waals surface area contributed by atoms with Gasteiger partial charge in [0.05, 0.1) is 107 Å². The number of carbonyl (C=O) groups is 18. The highest BCUT2D eigenvalue weighted by atomic mass is 16.6. The van der Waals surface area contributed by atoms with Crippen LogP contribution in [0.25, 0.3) is 0 Å². The van der Waals surface area contributed by atoms with Crippen molar-refractivity contribution in [2.45, 2.75) is 0 Å². The summed E-state index contributed by atoms with van der Waals surface area (Å²) in [4.78, 5) is 230. The maximum atomic E-state index is 14.1. The van der Waals surface area contributed by atoms with Gasteiger partial charge in [-0.3, -0.25) is 0 Å². The number of rotatable bonds is 18. The Morgan fingerprint density at radius 1 is 0.197 bits per heavy atom. The van der Waals surface area contributed by atoms with Crippen molar-refractivity contribution in [2.75, 3.05) is 7.11 Å². The molecule has 0 radical (unpaired) electrons. The molecule has 0 bridgehead atoms. The van der Waals surface area contributed by atoms with Crippen molar-refractivity contribution < 1.29 is 167 Å². The van der Waals surface area contributed by atoms with Crippen LogP contribution in [0.5, 0.6) is 0 Å². The highest BCUT2D eigenvalue weighted by Gasteiger charge is 2.47. The van der Waals surface area contributed by atoms with Gasteiger partial charge in [0.15, 0.2) is 0 Å². The molecule has 0 fully saturated rings. The van der Waals surface area contributed by atoms with E-state index in [2.05, 4.69) is 14.2 Å². The first-order valence-electron chi connectivity index (χ1n) is 17.0. The van der Waals surface area contributed by atoms with Gasteiger partial charge in [-0.05, 0) is 0 Å². The normalized spacial score (nSPS) is 10.4. The van der Waals surface area contributed by atoms with Gasteiger partial charge in [0, 0.05) is 0 Å². The Balaban J connectivity index is 2.78. The number of methoxy groups -OCH3 is 1. The number of carbonyl (C=O) groups excluding carboxylic acids is 5. The Hall–Kier alpha value is -11.5. The number of hydrogen-bond donors (Lipinski definition) is 13. The van der Waals surface area contributed by atoms with E-state index in [0.29, 0.717) is 0 Å². The maximum absolute atomic E-state index is 14.1. The second kappa shape index (κ2) is 19.5. The highest BCUT2D eigenvalue weighted by Crippen LogP contribution is 2.36. The first kappa shape index (κ1) is 53.9. The Bertz CT molecular complexity index is 3100. The molecule has 34 heteroatoms. The van der Waals surface area contributed by atoms with Gasteiger partial charge in [-0.15, -0.1) is 0 Å². The van der Waals surface area contributed by atoms with E-state index in [-0.39, 0.29) is 7.11 Å². The largest absolute Gasteiger partial charge is 0.478 e. The minimum absolute atomic E-state index is 0.228. The summed E-state index contributed by atoms with van der Waals surface area (Å²) in [5.74, 6) is -51.7. The van der Waals surface area contributed by atoms with Gasteiger partial charge in [-0.25, -0.2) is 86.3 Å². The van der Waals surface area contributed by atoms with E-state index in [1.54, 1.807) is 0 Å². The molecule has 3 rings (SSSR count). The fourth-order valence-corrected chi connectivity index (χ4v) is 6.53. The molecule has 0 aliphatic carbocycles. The second-order valence-corrected chi connectivity index (χ2v) is 12.6. The molecule has 13 N–H and O–H groups in total. The summed E-state index contributed by atoms with van der Waals surface area (Å²) in [5.41, 5.74) is -42.7. The molecule has 0 heterocycles. The van der Waals surface area contributed by atoms with E-state index in [4.69, 9.17) is 0 Å². The fraction of sp³-hybridized carbons (Fsp3) is 0.0270. The predicted octanol–water partition coefficient (Wildman–Crippen LogP) is -0.456. The number of carboxylic acid groups (broad SMARTS) is 13. The van der Waals surface area contributed by atoms with Gasteiger partial charge < -0.3 is 80.6 Å². The molecule has 0 saturated heterocycles. The Kier molecular flexibility index (Phi) is 14.8. The van der Waals surface area contributed by atoms with E-state index in [1.165, 1.54) is 0 Å². The summed E-state index contributed by atoms with van der Waals surface area (Å²) in [6, 6.07) is 0. The number of carboxylic acids is 13. The molecule has 3 aromatic carbocycles. The van der Waals surface area contributed by atoms with Crippen molar-refractivity contribution in [1.29, 1.82) is 0 Å². The number of ether oxygens (including phenoxy) is 3. The molecule has 0 aliphatic heterocycles. The molecule has 0 unspecified atom stereocenters. The van der Waals surface area contributed by atoms with Crippen LogP contribution in [0.1, 0.15) is 186 Å². The minimum Gasteiger partial charge on any atom is -0.478 e. The van der Waals surface area contributed by atoms with Crippen molar-refractivity contribution in [2.24, 2.45) is 0 Å².